The quantitative estimate of drug-likeness (QED) is 0.746. The first kappa shape index (κ1) is 15.1. The van der Waals surface area contributed by atoms with Gasteiger partial charge in [0, 0.05) is 11.1 Å². The maximum absolute atomic E-state index is 11.7. The van der Waals surface area contributed by atoms with E-state index in [-0.39, 0.29) is 12.1 Å². The van der Waals surface area contributed by atoms with Crippen molar-refractivity contribution >= 4 is 23.3 Å². The summed E-state index contributed by atoms with van der Waals surface area (Å²) in [6.45, 7) is 2.21. The molecule has 0 bridgehead atoms. The van der Waals surface area contributed by atoms with Gasteiger partial charge >= 0.3 is 11.9 Å². The Bertz CT molecular complexity index is 664. The van der Waals surface area contributed by atoms with Crippen LogP contribution in [0.5, 0.6) is 0 Å². The highest BCUT2D eigenvalue weighted by Crippen LogP contribution is 2.14. The summed E-state index contributed by atoms with van der Waals surface area (Å²) in [6, 6.07) is 0. The summed E-state index contributed by atoms with van der Waals surface area (Å²) in [5.74, 6) is -1.13. The summed E-state index contributed by atoms with van der Waals surface area (Å²) in [7, 11) is 2.52. The maximum atomic E-state index is 11.7. The van der Waals surface area contributed by atoms with Gasteiger partial charge in [-0.15, -0.1) is 16.4 Å². The molecule has 9 heteroatoms. The minimum atomic E-state index is -0.643. The fourth-order valence-corrected chi connectivity index (χ4v) is 2.46. The average molecular weight is 310 g/mol. The summed E-state index contributed by atoms with van der Waals surface area (Å²) in [5.41, 5.74) is 1.26. The van der Waals surface area contributed by atoms with E-state index in [4.69, 9.17) is 0 Å². The number of hydrogen-bond donors (Lipinski definition) is 0. The molecule has 2 heterocycles. The Morgan fingerprint density at radius 2 is 2.10 bits per heavy atom. The number of thiazole rings is 1. The third kappa shape index (κ3) is 3.43. The second-order valence-electron chi connectivity index (χ2n) is 4.17. The Balaban J connectivity index is 2.33. The Kier molecular flexibility index (Phi) is 4.63. The first-order valence-electron chi connectivity index (χ1n) is 6.03. The van der Waals surface area contributed by atoms with Crippen LogP contribution in [0.2, 0.25) is 0 Å². The zero-order chi connectivity index (χ0) is 15.4. The van der Waals surface area contributed by atoms with Crippen molar-refractivity contribution in [3.05, 3.63) is 27.5 Å². The highest BCUT2D eigenvalue weighted by molar-refractivity contribution is 7.09. The standard InChI is InChI=1S/C12H14N4O4S/c1-7-6-21-9(13-7)5-16-8(4-10(17)19-2)11(14-15-16)12(18)20-3/h6H,4-5H2,1-3H3. The van der Waals surface area contributed by atoms with Crippen molar-refractivity contribution in [3.63, 3.8) is 0 Å². The van der Waals surface area contributed by atoms with Crippen molar-refractivity contribution in [2.75, 3.05) is 14.2 Å². The van der Waals surface area contributed by atoms with Crippen molar-refractivity contribution < 1.29 is 19.1 Å². The van der Waals surface area contributed by atoms with E-state index in [1.165, 1.54) is 30.2 Å². The smallest absolute Gasteiger partial charge is 0.360 e. The molecule has 8 nitrogen and oxygen atoms in total. The molecule has 2 aromatic rings. The van der Waals surface area contributed by atoms with Crippen LogP contribution in [0.4, 0.5) is 0 Å². The molecule has 0 aliphatic rings. The number of nitrogens with zero attached hydrogens (tertiary/aromatic N) is 4. The molecule has 2 rings (SSSR count). The molecule has 0 saturated heterocycles. The van der Waals surface area contributed by atoms with Crippen LogP contribution in [0.3, 0.4) is 0 Å². The summed E-state index contributed by atoms with van der Waals surface area (Å²) >= 11 is 1.47. The number of rotatable bonds is 5. The number of aryl methyl sites for hydroxylation is 1. The van der Waals surface area contributed by atoms with Crippen LogP contribution in [0.25, 0.3) is 0 Å². The number of carbonyl (C=O) groups excluding carboxylic acids is 2. The van der Waals surface area contributed by atoms with Gasteiger partial charge in [0.25, 0.3) is 0 Å². The van der Waals surface area contributed by atoms with Crippen LogP contribution < -0.4 is 0 Å². The van der Waals surface area contributed by atoms with E-state index in [1.807, 2.05) is 12.3 Å². The molecule has 0 spiro atoms. The summed E-state index contributed by atoms with van der Waals surface area (Å²) < 4.78 is 10.7. The number of carbonyl (C=O) groups is 2. The lowest BCUT2D eigenvalue weighted by molar-refractivity contribution is -0.139. The molecule has 0 atom stereocenters. The van der Waals surface area contributed by atoms with Gasteiger partial charge in [-0.2, -0.15) is 0 Å². The van der Waals surface area contributed by atoms with Crippen LogP contribution in [0, 0.1) is 6.92 Å². The Labute approximate surface area is 124 Å². The first-order valence-corrected chi connectivity index (χ1v) is 6.91. The van der Waals surface area contributed by atoms with E-state index in [2.05, 4.69) is 24.8 Å². The number of methoxy groups -OCH3 is 2. The van der Waals surface area contributed by atoms with Crippen LogP contribution in [-0.2, 0) is 27.2 Å². The molecule has 2 aromatic heterocycles. The van der Waals surface area contributed by atoms with E-state index >= 15 is 0 Å². The number of esters is 2. The van der Waals surface area contributed by atoms with Crippen LogP contribution in [0.1, 0.15) is 26.9 Å². The van der Waals surface area contributed by atoms with Gasteiger partial charge in [0.05, 0.1) is 32.9 Å². The fourth-order valence-electron chi connectivity index (χ4n) is 1.70. The SMILES string of the molecule is COC(=O)Cc1c(C(=O)OC)nnn1Cc1nc(C)cs1. The lowest BCUT2D eigenvalue weighted by Gasteiger charge is -2.05. The first-order chi connectivity index (χ1) is 10.0. The predicted molar refractivity (Wildman–Crippen MR) is 73.0 cm³/mol. The minimum Gasteiger partial charge on any atom is -0.469 e. The van der Waals surface area contributed by atoms with Gasteiger partial charge in [-0.3, -0.25) is 4.79 Å². The lowest BCUT2D eigenvalue weighted by Crippen LogP contribution is -2.15. The molecule has 0 unspecified atom stereocenters. The zero-order valence-electron chi connectivity index (χ0n) is 11.8. The third-order valence-electron chi connectivity index (χ3n) is 2.71. The van der Waals surface area contributed by atoms with E-state index in [9.17, 15) is 9.59 Å². The summed E-state index contributed by atoms with van der Waals surface area (Å²) in [6.07, 6.45) is -0.113. The van der Waals surface area contributed by atoms with Gasteiger partial charge in [0.2, 0.25) is 0 Å². The molecular weight excluding hydrogens is 296 g/mol. The van der Waals surface area contributed by atoms with Crippen molar-refractivity contribution in [1.29, 1.82) is 0 Å². The van der Waals surface area contributed by atoms with Gasteiger partial charge in [-0.1, -0.05) is 5.21 Å². The predicted octanol–water partition coefficient (Wildman–Crippen LogP) is 0.593. The van der Waals surface area contributed by atoms with Crippen LogP contribution >= 0.6 is 11.3 Å². The van der Waals surface area contributed by atoms with Crippen molar-refractivity contribution in [1.82, 2.24) is 20.0 Å². The van der Waals surface area contributed by atoms with E-state index in [0.717, 1.165) is 10.7 Å². The topological polar surface area (TPSA) is 96.2 Å². The zero-order valence-corrected chi connectivity index (χ0v) is 12.6. The molecule has 0 radical (unpaired) electrons. The highest BCUT2D eigenvalue weighted by atomic mass is 32.1. The number of hydrogen-bond acceptors (Lipinski definition) is 8. The largest absolute Gasteiger partial charge is 0.469 e. The molecule has 0 saturated carbocycles. The summed E-state index contributed by atoms with van der Waals surface area (Å²) in [4.78, 5) is 27.5. The number of ether oxygens (including phenoxy) is 2. The van der Waals surface area contributed by atoms with Crippen molar-refractivity contribution in [3.8, 4) is 0 Å². The second-order valence-corrected chi connectivity index (χ2v) is 5.11. The van der Waals surface area contributed by atoms with Gasteiger partial charge in [-0.25, -0.2) is 14.5 Å². The molecule has 0 aromatic carbocycles. The van der Waals surface area contributed by atoms with Gasteiger partial charge in [-0.05, 0) is 6.92 Å². The normalized spacial score (nSPS) is 10.4. The molecule has 0 aliphatic carbocycles. The Hall–Kier alpha value is -2.29. The summed E-state index contributed by atoms with van der Waals surface area (Å²) in [5, 5.41) is 10.4. The van der Waals surface area contributed by atoms with Gasteiger partial charge in [0.15, 0.2) is 5.69 Å². The molecule has 0 amide bonds. The fraction of sp³-hybridized carbons (Fsp3) is 0.417. The second kappa shape index (κ2) is 6.44. The molecule has 0 aliphatic heterocycles. The lowest BCUT2D eigenvalue weighted by atomic mass is 10.2. The average Bonchev–Trinajstić information content (AvgIpc) is 3.05. The van der Waals surface area contributed by atoms with E-state index in [1.54, 1.807) is 0 Å². The molecule has 0 fully saturated rings. The molecule has 112 valence electrons. The van der Waals surface area contributed by atoms with E-state index < -0.39 is 11.9 Å². The van der Waals surface area contributed by atoms with Crippen molar-refractivity contribution in [2.24, 2.45) is 0 Å². The monoisotopic (exact) mass is 310 g/mol. The van der Waals surface area contributed by atoms with Crippen LogP contribution in [0.15, 0.2) is 5.38 Å². The number of aromatic nitrogens is 4. The molecule has 21 heavy (non-hydrogen) atoms. The maximum Gasteiger partial charge on any atom is 0.360 e. The molecular formula is C12H14N4O4S. The van der Waals surface area contributed by atoms with Crippen LogP contribution in [-0.4, -0.2) is 46.1 Å². The molecule has 0 N–H and O–H groups in total. The van der Waals surface area contributed by atoms with Gasteiger partial charge in [0.1, 0.15) is 5.01 Å². The van der Waals surface area contributed by atoms with Gasteiger partial charge < -0.3 is 9.47 Å². The minimum absolute atomic E-state index is 0.0104. The Morgan fingerprint density at radius 1 is 1.33 bits per heavy atom. The Morgan fingerprint density at radius 3 is 2.67 bits per heavy atom. The van der Waals surface area contributed by atoms with Crippen molar-refractivity contribution in [2.45, 2.75) is 19.9 Å². The van der Waals surface area contributed by atoms with E-state index in [0.29, 0.717) is 12.2 Å². The third-order valence-corrected chi connectivity index (χ3v) is 3.66. The highest BCUT2D eigenvalue weighted by Gasteiger charge is 2.23.